The summed E-state index contributed by atoms with van der Waals surface area (Å²) in [6.07, 6.45) is 0. The number of hydrogen-bond donors (Lipinski definition) is 5. The van der Waals surface area contributed by atoms with Gasteiger partial charge in [0, 0.05) is 6.92 Å². The first kappa shape index (κ1) is 12.7. The first-order chi connectivity index (χ1) is 5.36. The Balaban J connectivity index is 0. The number of rotatable bonds is 1. The van der Waals surface area contributed by atoms with E-state index in [1.54, 1.807) is 0 Å². The van der Waals surface area contributed by atoms with Crippen molar-refractivity contribution in [3.63, 3.8) is 0 Å². The average molecular weight is 176 g/mol. The molecule has 70 valence electrons. The highest BCUT2D eigenvalue weighted by Gasteiger charge is 1.86. The van der Waals surface area contributed by atoms with Crippen LogP contribution in [0.15, 0.2) is 5.16 Å². The summed E-state index contributed by atoms with van der Waals surface area (Å²) >= 11 is 0. The van der Waals surface area contributed by atoms with Gasteiger partial charge in [-0.25, -0.2) is 4.79 Å². The van der Waals surface area contributed by atoms with Crippen molar-refractivity contribution in [2.75, 3.05) is 0 Å². The molecule has 0 unspecified atom stereocenters. The van der Waals surface area contributed by atoms with E-state index in [4.69, 9.17) is 16.9 Å². The van der Waals surface area contributed by atoms with E-state index in [-0.39, 0.29) is 11.9 Å². The van der Waals surface area contributed by atoms with Gasteiger partial charge in [0.1, 0.15) is 0 Å². The molecule has 0 atom stereocenters. The third kappa shape index (κ3) is 43.4. The summed E-state index contributed by atoms with van der Waals surface area (Å²) in [6, 6.07) is 0. The second kappa shape index (κ2) is 7.12. The summed E-state index contributed by atoms with van der Waals surface area (Å²) in [5.74, 6) is -1.14. The fourth-order valence-electron chi connectivity index (χ4n) is 0.117. The quantitative estimate of drug-likeness (QED) is 0.129. The Bertz CT molecular complexity index is 180. The predicted molar refractivity (Wildman–Crippen MR) is 43.7 cm³/mol. The number of hydrogen-bond acceptors (Lipinski definition) is 4. The summed E-state index contributed by atoms with van der Waals surface area (Å²) in [5.41, 5.74) is 18.5. The molecule has 0 bridgehead atoms. The van der Waals surface area contributed by atoms with Crippen LogP contribution in [0.3, 0.4) is 0 Å². The van der Waals surface area contributed by atoms with Crippen molar-refractivity contribution in [2.24, 2.45) is 28.1 Å². The first-order valence-electron chi connectivity index (χ1n) is 2.72. The van der Waals surface area contributed by atoms with Gasteiger partial charge in [0.2, 0.25) is 5.96 Å². The van der Waals surface area contributed by atoms with E-state index in [1.165, 1.54) is 6.92 Å². The maximum atomic E-state index is 9.91. The molecule has 0 aliphatic rings. The second-order valence-corrected chi connectivity index (χ2v) is 1.55. The Morgan fingerprint density at radius 1 is 1.33 bits per heavy atom. The topological polar surface area (TPSA) is 167 Å². The summed E-state index contributed by atoms with van der Waals surface area (Å²) in [6.45, 7) is 1.20. The van der Waals surface area contributed by atoms with Gasteiger partial charge in [-0.15, -0.1) is 0 Å². The molecule has 0 rings (SSSR count). The monoisotopic (exact) mass is 176 g/mol. The van der Waals surface area contributed by atoms with Crippen molar-refractivity contribution < 1.29 is 9.63 Å². The summed E-state index contributed by atoms with van der Waals surface area (Å²) in [4.78, 5) is 13.9. The summed E-state index contributed by atoms with van der Waals surface area (Å²) in [5, 5.41) is 9.00. The van der Waals surface area contributed by atoms with Gasteiger partial charge >= 0.3 is 5.97 Å². The van der Waals surface area contributed by atoms with Gasteiger partial charge in [-0.3, -0.25) is 5.41 Å². The van der Waals surface area contributed by atoms with Crippen LogP contribution in [-0.2, 0) is 9.63 Å². The average Bonchev–Trinajstić information content (AvgIpc) is 1.82. The molecule has 12 heavy (non-hydrogen) atoms. The van der Waals surface area contributed by atoms with Gasteiger partial charge in [0.25, 0.3) is 0 Å². The number of nitrogens with two attached hydrogens (primary N) is 4. The maximum Gasteiger partial charge on any atom is 0.332 e. The Morgan fingerprint density at radius 2 is 1.67 bits per heavy atom. The molecule has 0 radical (unpaired) electrons. The molecule has 9 N–H and O–H groups in total. The van der Waals surface area contributed by atoms with Gasteiger partial charge in [-0.2, -0.15) is 0 Å². The number of nitrogens with zero attached hydrogens (tertiary/aromatic N) is 1. The van der Waals surface area contributed by atoms with E-state index in [0.29, 0.717) is 0 Å². The van der Waals surface area contributed by atoms with Crippen LogP contribution in [0.4, 0.5) is 0 Å². The van der Waals surface area contributed by atoms with Gasteiger partial charge in [-0.1, -0.05) is 0 Å². The molecule has 0 heterocycles. The second-order valence-electron chi connectivity index (χ2n) is 1.55. The van der Waals surface area contributed by atoms with Crippen LogP contribution in [0, 0.1) is 5.41 Å². The highest BCUT2D eigenvalue weighted by Crippen LogP contribution is 1.72. The van der Waals surface area contributed by atoms with E-state index in [9.17, 15) is 4.79 Å². The standard InChI is InChI=1S/C3H7N3O2.CH5N3/c1-2(7)8-6-3(4)5;2-1(3)4/h1H3,(H4,4,5,6);(H5,2,3,4). The number of carbonyl (C=O) groups excluding carboxylic acids is 1. The minimum atomic E-state index is -0.543. The first-order valence-corrected chi connectivity index (χ1v) is 2.72. The molecule has 0 aromatic carbocycles. The van der Waals surface area contributed by atoms with Crippen molar-refractivity contribution >= 4 is 17.9 Å². The highest BCUT2D eigenvalue weighted by atomic mass is 16.7. The molecule has 0 amide bonds. The van der Waals surface area contributed by atoms with Crippen molar-refractivity contribution in [3.05, 3.63) is 0 Å². The van der Waals surface area contributed by atoms with Gasteiger partial charge in [0.15, 0.2) is 5.96 Å². The van der Waals surface area contributed by atoms with Crippen molar-refractivity contribution in [2.45, 2.75) is 6.92 Å². The third-order valence-corrected chi connectivity index (χ3v) is 0.280. The zero-order valence-corrected chi connectivity index (χ0v) is 6.57. The van der Waals surface area contributed by atoms with Gasteiger partial charge < -0.3 is 27.8 Å². The molecule has 0 aliphatic carbocycles. The van der Waals surface area contributed by atoms with Crippen LogP contribution in [0.1, 0.15) is 6.92 Å². The lowest BCUT2D eigenvalue weighted by atomic mass is 10.8. The summed E-state index contributed by atoms with van der Waals surface area (Å²) in [7, 11) is 0. The highest BCUT2D eigenvalue weighted by molar-refractivity contribution is 5.76. The van der Waals surface area contributed by atoms with E-state index >= 15 is 0 Å². The van der Waals surface area contributed by atoms with Crippen LogP contribution in [-0.4, -0.2) is 17.9 Å². The number of oxime groups is 1. The van der Waals surface area contributed by atoms with Crippen LogP contribution in [0.5, 0.6) is 0 Å². The molecule has 0 saturated heterocycles. The normalized spacial score (nSPS) is 7.08. The predicted octanol–water partition coefficient (Wildman–Crippen LogP) is -2.42. The van der Waals surface area contributed by atoms with Crippen molar-refractivity contribution in [3.8, 4) is 0 Å². The minimum Gasteiger partial charge on any atom is -0.370 e. The number of carbonyl (C=O) groups is 1. The lowest BCUT2D eigenvalue weighted by molar-refractivity contribution is -0.140. The van der Waals surface area contributed by atoms with Crippen LogP contribution < -0.4 is 22.9 Å². The van der Waals surface area contributed by atoms with E-state index in [0.717, 1.165) is 0 Å². The van der Waals surface area contributed by atoms with Crippen molar-refractivity contribution in [1.82, 2.24) is 0 Å². The Morgan fingerprint density at radius 3 is 1.75 bits per heavy atom. The molecular formula is C4H12N6O2. The molecule has 0 spiro atoms. The molecule has 0 fully saturated rings. The Labute approximate surface area is 69.0 Å². The SMILES string of the molecule is CC(=O)ON=C(N)N.N=C(N)N. The van der Waals surface area contributed by atoms with E-state index in [1.807, 2.05) is 0 Å². The van der Waals surface area contributed by atoms with Crippen LogP contribution >= 0.6 is 0 Å². The fourth-order valence-corrected chi connectivity index (χ4v) is 0.117. The molecule has 8 nitrogen and oxygen atoms in total. The molecule has 0 saturated carbocycles. The molecular weight excluding hydrogens is 164 g/mol. The largest absolute Gasteiger partial charge is 0.370 e. The number of guanidine groups is 2. The zero-order valence-electron chi connectivity index (χ0n) is 6.57. The smallest absolute Gasteiger partial charge is 0.332 e. The molecule has 0 aromatic rings. The summed E-state index contributed by atoms with van der Waals surface area (Å²) < 4.78 is 0. The fraction of sp³-hybridized carbons (Fsp3) is 0.250. The maximum absolute atomic E-state index is 9.91. The van der Waals surface area contributed by atoms with Crippen LogP contribution in [0.2, 0.25) is 0 Å². The Hall–Kier alpha value is -1.99. The molecule has 0 aromatic heterocycles. The van der Waals surface area contributed by atoms with Gasteiger partial charge in [0.05, 0.1) is 0 Å². The minimum absolute atomic E-state index is 0.264. The Kier molecular flexibility index (Phi) is 7.52. The lowest BCUT2D eigenvalue weighted by Crippen LogP contribution is -2.23. The lowest BCUT2D eigenvalue weighted by Gasteiger charge is -1.88. The zero-order chi connectivity index (χ0) is 10.1. The molecule has 0 aliphatic heterocycles. The molecule has 8 heteroatoms. The number of nitrogens with one attached hydrogen (secondary N) is 1. The van der Waals surface area contributed by atoms with Gasteiger partial charge in [-0.05, 0) is 5.16 Å². The van der Waals surface area contributed by atoms with E-state index in [2.05, 4.69) is 21.5 Å². The van der Waals surface area contributed by atoms with E-state index < -0.39 is 5.97 Å². The third-order valence-electron chi connectivity index (χ3n) is 0.280. The van der Waals surface area contributed by atoms with Crippen molar-refractivity contribution in [1.29, 1.82) is 5.41 Å². The van der Waals surface area contributed by atoms with Crippen LogP contribution in [0.25, 0.3) is 0 Å².